The van der Waals surface area contributed by atoms with E-state index in [1.54, 1.807) is 6.07 Å². The van der Waals surface area contributed by atoms with Gasteiger partial charge in [0.15, 0.2) is 5.78 Å². The zero-order valence-electron chi connectivity index (χ0n) is 19.4. The molecule has 3 N–H and O–H groups in total. The first kappa shape index (κ1) is 26.6. The van der Waals surface area contributed by atoms with E-state index in [1.165, 1.54) is 23.3 Å². The van der Waals surface area contributed by atoms with Crippen LogP contribution in [-0.4, -0.2) is 24.6 Å². The summed E-state index contributed by atoms with van der Waals surface area (Å²) in [5.41, 5.74) is 7.04. The number of Topliss-reactive ketones (excluding diaryl/α,β-unsaturated/α-hetero) is 1. The Hall–Kier alpha value is -3.47. The number of carbonyl (C=O) groups excluding carboxylic acids is 3. The Morgan fingerprint density at radius 3 is 2.19 bits per heavy atom. The monoisotopic (exact) mass is 434 g/mol. The third-order valence-electron chi connectivity index (χ3n) is 4.77. The first-order valence-corrected chi connectivity index (χ1v) is 10.8. The minimum Gasteiger partial charge on any atom is -0.372 e. The summed E-state index contributed by atoms with van der Waals surface area (Å²) in [6.07, 6.45) is 1.44. The zero-order valence-corrected chi connectivity index (χ0v) is 19.4. The van der Waals surface area contributed by atoms with Crippen LogP contribution in [0.2, 0.25) is 0 Å². The molecular formula is C27H34N2O3. The van der Waals surface area contributed by atoms with Crippen molar-refractivity contribution in [3.8, 4) is 0 Å². The van der Waals surface area contributed by atoms with Gasteiger partial charge in [-0.25, -0.2) is 0 Å². The van der Waals surface area contributed by atoms with Gasteiger partial charge in [-0.2, -0.15) is 0 Å². The van der Waals surface area contributed by atoms with Crippen LogP contribution in [0.1, 0.15) is 61.5 Å². The molecule has 5 nitrogen and oxygen atoms in total. The topological polar surface area (TPSA) is 89.3 Å². The van der Waals surface area contributed by atoms with Gasteiger partial charge >= 0.3 is 0 Å². The number of carbonyl (C=O) groups is 3. The second-order valence-corrected chi connectivity index (χ2v) is 7.60. The normalized spacial score (nSPS) is 9.78. The Labute approximate surface area is 191 Å². The Bertz CT molecular complexity index is 1010. The van der Waals surface area contributed by atoms with Crippen molar-refractivity contribution in [2.45, 2.75) is 46.5 Å². The zero-order chi connectivity index (χ0) is 23.9. The maximum Gasteiger partial charge on any atom is 0.224 e. The maximum atomic E-state index is 11.5. The first-order chi connectivity index (χ1) is 15.3. The first-order valence-electron chi connectivity index (χ1n) is 10.8. The molecule has 0 aromatic heterocycles. The summed E-state index contributed by atoms with van der Waals surface area (Å²) in [5.74, 6) is 0.570. The predicted molar refractivity (Wildman–Crippen MR) is 132 cm³/mol. The summed E-state index contributed by atoms with van der Waals surface area (Å²) in [6.45, 7) is 8.68. The standard InChI is InChI=1S/C13H17NO2.C13H14.CH3NO/c1-3-8-14-13(16)9-11-6-4-5-7-12(11)10(2)15;1-10(2)12-9-5-7-11-6-3-4-8-13(11)12;2-1-3/h4-7H,3,8-9H2,1-2H3,(H,14,16);3-10H,1-2H3;1H,(H2,2,3). The van der Waals surface area contributed by atoms with Gasteiger partial charge in [-0.3, -0.25) is 14.4 Å². The third kappa shape index (κ3) is 8.72. The Balaban J connectivity index is 0.000000289. The van der Waals surface area contributed by atoms with Crippen molar-refractivity contribution in [1.29, 1.82) is 0 Å². The summed E-state index contributed by atoms with van der Waals surface area (Å²) >= 11 is 0. The van der Waals surface area contributed by atoms with Crippen molar-refractivity contribution in [2.75, 3.05) is 6.54 Å². The van der Waals surface area contributed by atoms with Crippen LogP contribution in [0.4, 0.5) is 0 Å². The number of rotatable bonds is 6. The number of benzene rings is 3. The molecule has 3 aromatic carbocycles. The number of ketones is 1. The number of amides is 2. The molecule has 0 radical (unpaired) electrons. The highest BCUT2D eigenvalue weighted by atomic mass is 16.1. The Kier molecular flexibility index (Phi) is 12.1. The third-order valence-corrected chi connectivity index (χ3v) is 4.77. The predicted octanol–water partition coefficient (Wildman–Crippen LogP) is 5.02. The van der Waals surface area contributed by atoms with Gasteiger partial charge in [-0.05, 0) is 41.2 Å². The number of primary amides is 1. The van der Waals surface area contributed by atoms with Gasteiger partial charge in [0, 0.05) is 12.1 Å². The molecule has 32 heavy (non-hydrogen) atoms. The highest BCUT2D eigenvalue weighted by molar-refractivity contribution is 5.96. The number of nitrogens with two attached hydrogens (primary N) is 1. The van der Waals surface area contributed by atoms with Crippen LogP contribution in [0, 0.1) is 0 Å². The van der Waals surface area contributed by atoms with Gasteiger partial charge in [0.05, 0.1) is 6.42 Å². The van der Waals surface area contributed by atoms with Crippen LogP contribution in [0.15, 0.2) is 66.7 Å². The number of fused-ring (bicyclic) bond motifs is 1. The van der Waals surface area contributed by atoms with Crippen molar-refractivity contribution >= 4 is 28.9 Å². The number of hydrogen-bond acceptors (Lipinski definition) is 3. The molecule has 0 saturated heterocycles. The smallest absolute Gasteiger partial charge is 0.224 e. The van der Waals surface area contributed by atoms with Crippen molar-refractivity contribution < 1.29 is 14.4 Å². The van der Waals surface area contributed by atoms with Crippen LogP contribution in [-0.2, 0) is 16.0 Å². The van der Waals surface area contributed by atoms with Crippen molar-refractivity contribution in [3.63, 3.8) is 0 Å². The lowest BCUT2D eigenvalue weighted by Crippen LogP contribution is -2.26. The molecule has 5 heteroatoms. The molecule has 0 aliphatic carbocycles. The van der Waals surface area contributed by atoms with E-state index >= 15 is 0 Å². The van der Waals surface area contributed by atoms with E-state index in [2.05, 4.69) is 67.4 Å². The van der Waals surface area contributed by atoms with E-state index < -0.39 is 0 Å². The van der Waals surface area contributed by atoms with Gasteiger partial charge < -0.3 is 11.1 Å². The summed E-state index contributed by atoms with van der Waals surface area (Å²) < 4.78 is 0. The molecule has 0 saturated carbocycles. The quantitative estimate of drug-likeness (QED) is 0.421. The van der Waals surface area contributed by atoms with Crippen LogP contribution in [0.25, 0.3) is 10.8 Å². The molecule has 0 aliphatic heterocycles. The molecule has 0 heterocycles. The SMILES string of the molecule is CC(C)c1cccc2ccccc12.CCCNC(=O)Cc1ccccc1C(C)=O.NC=O. The fourth-order valence-corrected chi connectivity index (χ4v) is 3.27. The van der Waals surface area contributed by atoms with E-state index in [0.29, 0.717) is 18.0 Å². The largest absolute Gasteiger partial charge is 0.372 e. The summed E-state index contributed by atoms with van der Waals surface area (Å²) in [6, 6.07) is 22.3. The second kappa shape index (κ2) is 14.5. The minimum atomic E-state index is -0.0319. The van der Waals surface area contributed by atoms with Crippen molar-refractivity contribution in [1.82, 2.24) is 5.32 Å². The van der Waals surface area contributed by atoms with Crippen LogP contribution < -0.4 is 11.1 Å². The molecule has 0 atom stereocenters. The summed E-state index contributed by atoms with van der Waals surface area (Å²) in [5, 5.41) is 5.53. The fraction of sp³-hybridized carbons (Fsp3) is 0.296. The van der Waals surface area contributed by atoms with Crippen molar-refractivity contribution in [3.05, 3.63) is 83.4 Å². The van der Waals surface area contributed by atoms with E-state index in [0.717, 1.165) is 12.0 Å². The Morgan fingerprint density at radius 2 is 1.56 bits per heavy atom. The summed E-state index contributed by atoms with van der Waals surface area (Å²) in [4.78, 5) is 31.4. The fourth-order valence-electron chi connectivity index (χ4n) is 3.27. The molecular weight excluding hydrogens is 400 g/mol. The van der Waals surface area contributed by atoms with Gasteiger partial charge in [0.25, 0.3) is 0 Å². The molecule has 3 aromatic rings. The van der Waals surface area contributed by atoms with Gasteiger partial charge in [-0.1, -0.05) is 87.5 Å². The van der Waals surface area contributed by atoms with Gasteiger partial charge in [0.1, 0.15) is 0 Å². The molecule has 3 rings (SSSR count). The van der Waals surface area contributed by atoms with Crippen molar-refractivity contribution in [2.24, 2.45) is 5.73 Å². The average Bonchev–Trinajstić information content (AvgIpc) is 2.78. The molecule has 0 aliphatic rings. The van der Waals surface area contributed by atoms with Crippen LogP contribution >= 0.6 is 0 Å². The van der Waals surface area contributed by atoms with E-state index in [4.69, 9.17) is 4.79 Å². The van der Waals surface area contributed by atoms with E-state index in [-0.39, 0.29) is 24.5 Å². The molecule has 2 amide bonds. The molecule has 170 valence electrons. The number of nitrogens with one attached hydrogen (secondary N) is 1. The number of hydrogen-bond donors (Lipinski definition) is 2. The molecule has 0 bridgehead atoms. The lowest BCUT2D eigenvalue weighted by molar-refractivity contribution is -0.120. The van der Waals surface area contributed by atoms with E-state index in [9.17, 15) is 9.59 Å². The molecule has 0 fully saturated rings. The maximum absolute atomic E-state index is 11.5. The average molecular weight is 435 g/mol. The molecule has 0 unspecified atom stereocenters. The van der Waals surface area contributed by atoms with Gasteiger partial charge in [0.2, 0.25) is 12.3 Å². The Morgan fingerprint density at radius 1 is 0.969 bits per heavy atom. The van der Waals surface area contributed by atoms with Gasteiger partial charge in [-0.15, -0.1) is 0 Å². The lowest BCUT2D eigenvalue weighted by atomic mass is 9.96. The van der Waals surface area contributed by atoms with E-state index in [1.807, 2.05) is 25.1 Å². The summed E-state index contributed by atoms with van der Waals surface area (Å²) in [7, 11) is 0. The second-order valence-electron chi connectivity index (χ2n) is 7.60. The molecule has 0 spiro atoms. The minimum absolute atomic E-state index is 0.00103. The van der Waals surface area contributed by atoms with Crippen LogP contribution in [0.3, 0.4) is 0 Å². The highest BCUT2D eigenvalue weighted by Gasteiger charge is 2.09. The lowest BCUT2D eigenvalue weighted by Gasteiger charge is -2.08. The van der Waals surface area contributed by atoms with Crippen LogP contribution in [0.5, 0.6) is 0 Å². The highest BCUT2D eigenvalue weighted by Crippen LogP contribution is 2.24.